The van der Waals surface area contributed by atoms with Crippen molar-refractivity contribution in [1.29, 1.82) is 0 Å². The Morgan fingerprint density at radius 2 is 2.43 bits per heavy atom. The summed E-state index contributed by atoms with van der Waals surface area (Å²) < 4.78 is 0. The van der Waals surface area contributed by atoms with Gasteiger partial charge in [-0.25, -0.2) is 0 Å². The van der Waals surface area contributed by atoms with Crippen molar-refractivity contribution in [3.05, 3.63) is 22.4 Å². The number of carbonyl (C=O) groups excluding carboxylic acids is 1. The molecule has 1 aliphatic carbocycles. The Morgan fingerprint density at radius 3 is 2.93 bits per heavy atom. The molecule has 3 N–H and O–H groups in total. The smallest absolute Gasteiger partial charge is 0.261 e. The van der Waals surface area contributed by atoms with Crippen molar-refractivity contribution in [2.75, 3.05) is 6.54 Å². The summed E-state index contributed by atoms with van der Waals surface area (Å²) in [6.45, 7) is 0.601. The minimum absolute atomic E-state index is 0.00303. The fourth-order valence-corrected chi connectivity index (χ4v) is 2.20. The maximum Gasteiger partial charge on any atom is 0.261 e. The quantitative estimate of drug-likeness (QED) is 0.791. The Balaban J connectivity index is 1.84. The zero-order chi connectivity index (χ0) is 10.0. The highest BCUT2D eigenvalue weighted by atomic mass is 32.1. The number of thiophene rings is 1. The zero-order valence-corrected chi connectivity index (χ0v) is 8.77. The molecule has 1 aromatic heterocycles. The fraction of sp³-hybridized carbons (Fsp3) is 0.500. The van der Waals surface area contributed by atoms with Crippen LogP contribution in [0.4, 0.5) is 0 Å². The lowest BCUT2D eigenvalue weighted by Crippen LogP contribution is -2.54. The van der Waals surface area contributed by atoms with Gasteiger partial charge in [0.15, 0.2) is 0 Å². The molecular formula is C10H14N2OS. The van der Waals surface area contributed by atoms with Crippen LogP contribution in [0.3, 0.4) is 0 Å². The van der Waals surface area contributed by atoms with Crippen molar-refractivity contribution in [2.45, 2.75) is 24.8 Å². The monoisotopic (exact) mass is 210 g/mol. The molecule has 0 bridgehead atoms. The second kappa shape index (κ2) is 3.71. The molecule has 4 heteroatoms. The summed E-state index contributed by atoms with van der Waals surface area (Å²) in [5, 5.41) is 4.77. The van der Waals surface area contributed by atoms with Gasteiger partial charge in [0.1, 0.15) is 0 Å². The molecule has 0 spiro atoms. The highest BCUT2D eigenvalue weighted by Gasteiger charge is 2.32. The van der Waals surface area contributed by atoms with Gasteiger partial charge in [-0.1, -0.05) is 6.07 Å². The summed E-state index contributed by atoms with van der Waals surface area (Å²) in [4.78, 5) is 12.3. The third-order valence-electron chi connectivity index (χ3n) is 2.70. The number of rotatable bonds is 3. The summed E-state index contributed by atoms with van der Waals surface area (Å²) in [7, 11) is 0. The van der Waals surface area contributed by atoms with E-state index in [-0.39, 0.29) is 11.4 Å². The predicted molar refractivity (Wildman–Crippen MR) is 57.4 cm³/mol. The van der Waals surface area contributed by atoms with Crippen LogP contribution in [-0.2, 0) is 0 Å². The summed E-state index contributed by atoms with van der Waals surface area (Å²) in [6, 6.07) is 3.70. The topological polar surface area (TPSA) is 55.1 Å². The summed E-state index contributed by atoms with van der Waals surface area (Å²) in [5.41, 5.74) is 5.86. The molecule has 0 unspecified atom stereocenters. The Kier molecular flexibility index (Phi) is 2.56. The molecule has 0 aromatic carbocycles. The van der Waals surface area contributed by atoms with E-state index in [1.165, 1.54) is 17.8 Å². The van der Waals surface area contributed by atoms with Crippen LogP contribution in [0.5, 0.6) is 0 Å². The molecule has 2 rings (SSSR count). The molecule has 76 valence electrons. The van der Waals surface area contributed by atoms with E-state index >= 15 is 0 Å². The van der Waals surface area contributed by atoms with Gasteiger partial charge in [-0.15, -0.1) is 11.3 Å². The van der Waals surface area contributed by atoms with Crippen LogP contribution < -0.4 is 11.1 Å². The number of nitrogens with one attached hydrogen (secondary N) is 1. The van der Waals surface area contributed by atoms with Gasteiger partial charge < -0.3 is 11.1 Å². The Hall–Kier alpha value is -0.870. The molecule has 3 nitrogen and oxygen atoms in total. The number of hydrogen-bond donors (Lipinski definition) is 2. The molecule has 0 atom stereocenters. The van der Waals surface area contributed by atoms with Gasteiger partial charge in [0.2, 0.25) is 0 Å². The third kappa shape index (κ3) is 1.96. The van der Waals surface area contributed by atoms with E-state index < -0.39 is 0 Å². The second-order valence-electron chi connectivity index (χ2n) is 3.88. The van der Waals surface area contributed by atoms with Crippen LogP contribution in [-0.4, -0.2) is 18.0 Å². The Bertz CT molecular complexity index is 317. The van der Waals surface area contributed by atoms with E-state index in [4.69, 9.17) is 5.73 Å². The lowest BCUT2D eigenvalue weighted by Gasteiger charge is -2.38. The van der Waals surface area contributed by atoms with Gasteiger partial charge in [0.05, 0.1) is 4.88 Å². The molecule has 1 aromatic rings. The number of carbonyl (C=O) groups is 1. The predicted octanol–water partition coefficient (Wildman–Crippen LogP) is 1.36. The van der Waals surface area contributed by atoms with Crippen LogP contribution in [0, 0.1) is 0 Å². The highest BCUT2D eigenvalue weighted by molar-refractivity contribution is 7.12. The standard InChI is InChI=1S/C10H14N2OS/c11-10(4-2-5-10)7-12-9(13)8-3-1-6-14-8/h1,3,6H,2,4-5,7,11H2,(H,12,13). The van der Waals surface area contributed by atoms with Crippen LogP contribution >= 0.6 is 11.3 Å². The van der Waals surface area contributed by atoms with E-state index in [0.29, 0.717) is 6.54 Å². The van der Waals surface area contributed by atoms with Crippen molar-refractivity contribution in [3.8, 4) is 0 Å². The minimum atomic E-state index is -0.132. The summed E-state index contributed by atoms with van der Waals surface area (Å²) in [5.74, 6) is -0.00303. The molecule has 1 aliphatic rings. The van der Waals surface area contributed by atoms with Gasteiger partial charge in [-0.3, -0.25) is 4.79 Å². The van der Waals surface area contributed by atoms with Gasteiger partial charge in [0, 0.05) is 12.1 Å². The zero-order valence-electron chi connectivity index (χ0n) is 7.95. The van der Waals surface area contributed by atoms with E-state index in [9.17, 15) is 4.79 Å². The Morgan fingerprint density at radius 1 is 1.64 bits per heavy atom. The number of hydrogen-bond acceptors (Lipinski definition) is 3. The van der Waals surface area contributed by atoms with Crippen molar-refractivity contribution in [1.82, 2.24) is 5.32 Å². The molecule has 1 saturated carbocycles. The molecule has 1 amide bonds. The van der Waals surface area contributed by atoms with E-state index in [2.05, 4.69) is 5.32 Å². The average molecular weight is 210 g/mol. The molecule has 0 aliphatic heterocycles. The molecule has 1 heterocycles. The lowest BCUT2D eigenvalue weighted by atomic mass is 9.78. The summed E-state index contributed by atoms with van der Waals surface area (Å²) >= 11 is 1.45. The van der Waals surface area contributed by atoms with Gasteiger partial charge in [0.25, 0.3) is 5.91 Å². The molecule has 0 radical (unpaired) electrons. The lowest BCUT2D eigenvalue weighted by molar-refractivity contribution is 0.0934. The van der Waals surface area contributed by atoms with Crippen molar-refractivity contribution in [3.63, 3.8) is 0 Å². The average Bonchev–Trinajstić information content (AvgIpc) is 2.63. The minimum Gasteiger partial charge on any atom is -0.349 e. The van der Waals surface area contributed by atoms with Gasteiger partial charge in [-0.05, 0) is 30.7 Å². The first-order chi connectivity index (χ1) is 6.70. The van der Waals surface area contributed by atoms with E-state index in [1.54, 1.807) is 0 Å². The van der Waals surface area contributed by atoms with Crippen LogP contribution in [0.2, 0.25) is 0 Å². The Labute approximate surface area is 87.3 Å². The summed E-state index contributed by atoms with van der Waals surface area (Å²) in [6.07, 6.45) is 3.24. The first kappa shape index (κ1) is 9.68. The van der Waals surface area contributed by atoms with Crippen molar-refractivity contribution >= 4 is 17.2 Å². The normalized spacial score (nSPS) is 18.6. The highest BCUT2D eigenvalue weighted by Crippen LogP contribution is 2.28. The van der Waals surface area contributed by atoms with Crippen molar-refractivity contribution in [2.24, 2.45) is 5.73 Å². The van der Waals surface area contributed by atoms with Crippen molar-refractivity contribution < 1.29 is 4.79 Å². The first-order valence-corrected chi connectivity index (χ1v) is 5.68. The maximum absolute atomic E-state index is 11.5. The van der Waals surface area contributed by atoms with E-state index in [0.717, 1.165) is 17.7 Å². The first-order valence-electron chi connectivity index (χ1n) is 4.80. The SMILES string of the molecule is NC1(CNC(=O)c2cccs2)CCC1. The third-order valence-corrected chi connectivity index (χ3v) is 3.56. The number of nitrogens with two attached hydrogens (primary N) is 1. The molecular weight excluding hydrogens is 196 g/mol. The fourth-order valence-electron chi connectivity index (χ4n) is 1.56. The van der Waals surface area contributed by atoms with Gasteiger partial charge >= 0.3 is 0 Å². The largest absolute Gasteiger partial charge is 0.349 e. The molecule has 1 fully saturated rings. The van der Waals surface area contributed by atoms with Crippen LogP contribution in [0.15, 0.2) is 17.5 Å². The second-order valence-corrected chi connectivity index (χ2v) is 4.82. The van der Waals surface area contributed by atoms with Crippen LogP contribution in [0.25, 0.3) is 0 Å². The molecule has 14 heavy (non-hydrogen) atoms. The maximum atomic E-state index is 11.5. The van der Waals surface area contributed by atoms with Gasteiger partial charge in [-0.2, -0.15) is 0 Å². The van der Waals surface area contributed by atoms with E-state index in [1.807, 2.05) is 17.5 Å². The number of amides is 1. The van der Waals surface area contributed by atoms with Crippen LogP contribution in [0.1, 0.15) is 28.9 Å². The molecule has 0 saturated heterocycles.